The molecule has 1 aliphatic carbocycles. The average molecular weight is 461 g/mol. The number of carbonyl (C=O) groups is 2. The number of carbonyl (C=O) groups excluding carboxylic acids is 2. The summed E-state index contributed by atoms with van der Waals surface area (Å²) in [5.74, 6) is 1.87. The lowest BCUT2D eigenvalue weighted by atomic mass is 9.89. The van der Waals surface area contributed by atoms with Gasteiger partial charge in [0, 0.05) is 36.4 Å². The summed E-state index contributed by atoms with van der Waals surface area (Å²) in [4.78, 5) is 31.5. The Morgan fingerprint density at radius 2 is 1.76 bits per heavy atom. The van der Waals surface area contributed by atoms with Gasteiger partial charge in [0.15, 0.2) is 18.1 Å². The van der Waals surface area contributed by atoms with Crippen LogP contribution in [0, 0.1) is 11.8 Å². The first-order valence-electron chi connectivity index (χ1n) is 12.4. The van der Waals surface area contributed by atoms with Crippen molar-refractivity contribution < 1.29 is 14.3 Å². The van der Waals surface area contributed by atoms with Crippen molar-refractivity contribution in [1.82, 2.24) is 19.5 Å². The fourth-order valence-corrected chi connectivity index (χ4v) is 4.64. The summed E-state index contributed by atoms with van der Waals surface area (Å²) in [7, 11) is 0. The van der Waals surface area contributed by atoms with Crippen LogP contribution >= 0.6 is 0 Å². The lowest BCUT2D eigenvalue weighted by Crippen LogP contribution is -2.38. The van der Waals surface area contributed by atoms with Crippen molar-refractivity contribution in [1.29, 1.82) is 0 Å². The molecule has 34 heavy (non-hydrogen) atoms. The Bertz CT molecular complexity index is 1180. The number of ether oxygens (including phenoxy) is 1. The maximum absolute atomic E-state index is 12.5. The molecule has 1 amide bonds. The van der Waals surface area contributed by atoms with Gasteiger partial charge < -0.3 is 9.64 Å². The van der Waals surface area contributed by atoms with Gasteiger partial charge in [0.25, 0.3) is 5.91 Å². The number of rotatable bonds is 8. The molecule has 5 rings (SSSR count). The second-order valence-corrected chi connectivity index (χ2v) is 9.66. The van der Waals surface area contributed by atoms with Gasteiger partial charge in [-0.3, -0.25) is 9.59 Å². The maximum Gasteiger partial charge on any atom is 0.260 e. The Morgan fingerprint density at radius 3 is 2.47 bits per heavy atom. The largest absolute Gasteiger partial charge is 0.484 e. The number of pyridine rings is 1. The first-order valence-corrected chi connectivity index (χ1v) is 12.4. The van der Waals surface area contributed by atoms with Crippen molar-refractivity contribution in [3.05, 3.63) is 48.3 Å². The lowest BCUT2D eigenvalue weighted by molar-refractivity contribution is -0.134. The van der Waals surface area contributed by atoms with E-state index in [9.17, 15) is 9.59 Å². The van der Waals surface area contributed by atoms with Crippen molar-refractivity contribution in [2.24, 2.45) is 11.8 Å². The van der Waals surface area contributed by atoms with E-state index in [1.807, 2.05) is 65.7 Å². The Labute approximate surface area is 200 Å². The van der Waals surface area contributed by atoms with E-state index in [4.69, 9.17) is 14.8 Å². The highest BCUT2D eigenvalue weighted by Gasteiger charge is 2.36. The molecular weight excluding hydrogens is 428 g/mol. The predicted octanol–water partition coefficient (Wildman–Crippen LogP) is 4.51. The number of amides is 1. The molecule has 0 radical (unpaired) electrons. The summed E-state index contributed by atoms with van der Waals surface area (Å²) >= 11 is 0. The SMILES string of the molecule is CC(C(=O)C1CC1)C(C)c1nc2cccc(-c3ccc(OCC(=O)N4CCCCC4)cc3)n2n1. The highest BCUT2D eigenvalue weighted by atomic mass is 16.5. The number of fused-ring (bicyclic) bond motifs is 1. The van der Waals surface area contributed by atoms with Crippen LogP contribution in [-0.4, -0.2) is 50.9 Å². The Hall–Kier alpha value is -3.22. The molecule has 7 nitrogen and oxygen atoms in total. The van der Waals surface area contributed by atoms with Crippen molar-refractivity contribution in [3.8, 4) is 17.0 Å². The zero-order valence-corrected chi connectivity index (χ0v) is 19.9. The number of piperidine rings is 1. The van der Waals surface area contributed by atoms with Crippen LogP contribution in [0.5, 0.6) is 5.75 Å². The van der Waals surface area contributed by atoms with Crippen LogP contribution in [0.4, 0.5) is 0 Å². The van der Waals surface area contributed by atoms with Crippen molar-refractivity contribution >= 4 is 17.3 Å². The summed E-state index contributed by atoms with van der Waals surface area (Å²) in [6.07, 6.45) is 5.38. The third kappa shape index (κ3) is 4.69. The molecule has 0 spiro atoms. The molecule has 0 N–H and O–H groups in total. The van der Waals surface area contributed by atoms with E-state index in [2.05, 4.69) is 0 Å². The minimum atomic E-state index is -0.0857. The topological polar surface area (TPSA) is 76.8 Å². The van der Waals surface area contributed by atoms with Crippen molar-refractivity contribution in [3.63, 3.8) is 0 Å². The first kappa shape index (κ1) is 22.6. The van der Waals surface area contributed by atoms with Gasteiger partial charge in [-0.05, 0) is 68.5 Å². The van der Waals surface area contributed by atoms with Gasteiger partial charge in [-0.2, -0.15) is 5.10 Å². The first-order chi connectivity index (χ1) is 16.5. The normalized spacial score (nSPS) is 18.0. The molecular formula is C27H32N4O3. The Balaban J connectivity index is 1.29. The van der Waals surface area contributed by atoms with Gasteiger partial charge in [-0.25, -0.2) is 9.50 Å². The van der Waals surface area contributed by atoms with E-state index in [0.717, 1.165) is 55.7 Å². The van der Waals surface area contributed by atoms with Crippen molar-refractivity contribution in [2.75, 3.05) is 19.7 Å². The van der Waals surface area contributed by atoms with Crippen LogP contribution in [0.1, 0.15) is 57.7 Å². The fourth-order valence-electron chi connectivity index (χ4n) is 4.64. The molecule has 0 bridgehead atoms. The molecule has 3 aromatic rings. The van der Waals surface area contributed by atoms with Crippen molar-refractivity contribution in [2.45, 2.75) is 51.9 Å². The van der Waals surface area contributed by atoms with Crippen LogP contribution in [0.3, 0.4) is 0 Å². The number of Topliss-reactive ketones (excluding diaryl/α,β-unsaturated/α-hetero) is 1. The van der Waals surface area contributed by atoms with Crippen LogP contribution in [0.25, 0.3) is 16.9 Å². The summed E-state index contributed by atoms with van der Waals surface area (Å²) in [6, 6.07) is 13.6. The number of ketones is 1. The Morgan fingerprint density at radius 1 is 1.03 bits per heavy atom. The van der Waals surface area contributed by atoms with Gasteiger partial charge in [0.2, 0.25) is 0 Å². The average Bonchev–Trinajstić information content (AvgIpc) is 3.64. The zero-order valence-electron chi connectivity index (χ0n) is 19.9. The molecule has 178 valence electrons. The number of benzene rings is 1. The van der Waals surface area contributed by atoms with Gasteiger partial charge >= 0.3 is 0 Å². The third-order valence-corrected chi connectivity index (χ3v) is 7.18. The molecule has 2 fully saturated rings. The second kappa shape index (κ2) is 9.57. The van der Waals surface area contributed by atoms with E-state index in [-0.39, 0.29) is 30.3 Å². The highest BCUT2D eigenvalue weighted by molar-refractivity contribution is 5.85. The smallest absolute Gasteiger partial charge is 0.260 e. The number of likely N-dealkylation sites (tertiary alicyclic amines) is 1. The lowest BCUT2D eigenvalue weighted by Gasteiger charge is -2.26. The van der Waals surface area contributed by atoms with Crippen LogP contribution in [0.2, 0.25) is 0 Å². The van der Waals surface area contributed by atoms with E-state index < -0.39 is 0 Å². The van der Waals surface area contributed by atoms with Crippen LogP contribution in [0.15, 0.2) is 42.5 Å². The fraction of sp³-hybridized carbons (Fsp3) is 0.481. The Kier molecular flexibility index (Phi) is 6.35. The molecule has 1 aromatic carbocycles. The van der Waals surface area contributed by atoms with Crippen LogP contribution in [-0.2, 0) is 9.59 Å². The summed E-state index contributed by atoms with van der Waals surface area (Å²) < 4.78 is 7.59. The third-order valence-electron chi connectivity index (χ3n) is 7.18. The van der Waals surface area contributed by atoms with Gasteiger partial charge in [0.1, 0.15) is 11.5 Å². The second-order valence-electron chi connectivity index (χ2n) is 9.66. The van der Waals surface area contributed by atoms with E-state index in [1.165, 1.54) is 6.42 Å². The molecule has 7 heteroatoms. The van der Waals surface area contributed by atoms with Gasteiger partial charge in [-0.1, -0.05) is 19.9 Å². The van der Waals surface area contributed by atoms with E-state index in [0.29, 0.717) is 17.4 Å². The zero-order chi connectivity index (χ0) is 23.7. The molecule has 1 saturated carbocycles. The van der Waals surface area contributed by atoms with Gasteiger partial charge in [0.05, 0.1) is 5.69 Å². The monoisotopic (exact) mass is 460 g/mol. The quantitative estimate of drug-likeness (QED) is 0.494. The standard InChI is InChI=1S/C27H32N4O3/c1-18(26(33)21-9-10-21)19(2)27-28-24-8-6-7-23(31(24)29-27)20-11-13-22(14-12-20)34-17-25(32)30-15-4-3-5-16-30/h6-8,11-14,18-19,21H,3-5,9-10,15-17H2,1-2H3. The number of nitrogens with zero attached hydrogens (tertiary/aromatic N) is 4. The minimum absolute atomic E-state index is 0.0333. The molecule has 2 unspecified atom stereocenters. The molecule has 3 heterocycles. The highest BCUT2D eigenvalue weighted by Crippen LogP contribution is 2.36. The number of hydrogen-bond acceptors (Lipinski definition) is 5. The molecule has 1 aliphatic heterocycles. The predicted molar refractivity (Wildman–Crippen MR) is 130 cm³/mol. The number of hydrogen-bond donors (Lipinski definition) is 0. The minimum Gasteiger partial charge on any atom is -0.484 e. The molecule has 2 aromatic heterocycles. The van der Waals surface area contributed by atoms with Gasteiger partial charge in [-0.15, -0.1) is 0 Å². The molecule has 2 aliphatic rings. The molecule has 2 atom stereocenters. The maximum atomic E-state index is 12.5. The summed E-state index contributed by atoms with van der Waals surface area (Å²) in [6.45, 7) is 5.76. The van der Waals surface area contributed by atoms with Crippen LogP contribution < -0.4 is 4.74 Å². The van der Waals surface area contributed by atoms with E-state index >= 15 is 0 Å². The number of aromatic nitrogens is 3. The summed E-state index contributed by atoms with van der Waals surface area (Å²) in [5.41, 5.74) is 2.66. The van der Waals surface area contributed by atoms with E-state index in [1.54, 1.807) is 0 Å². The molecule has 1 saturated heterocycles. The summed E-state index contributed by atoms with van der Waals surface area (Å²) in [5, 5.41) is 4.78.